The minimum Gasteiger partial charge on any atom is -0.342 e. The fraction of sp³-hybridized carbons (Fsp3) is 0.360. The van der Waals surface area contributed by atoms with Crippen molar-refractivity contribution in [2.24, 2.45) is 5.92 Å². The van der Waals surface area contributed by atoms with Crippen molar-refractivity contribution < 1.29 is 9.18 Å². The fourth-order valence-corrected chi connectivity index (χ4v) is 4.88. The van der Waals surface area contributed by atoms with Gasteiger partial charge in [0.05, 0.1) is 13.0 Å². The van der Waals surface area contributed by atoms with Crippen LogP contribution in [-0.4, -0.2) is 38.2 Å². The Morgan fingerprint density at radius 1 is 1.06 bits per heavy atom. The number of carbonyl (C=O) groups excluding carboxylic acids is 1. The molecule has 1 aromatic heterocycles. The maximum atomic E-state index is 13.6. The summed E-state index contributed by atoms with van der Waals surface area (Å²) in [5, 5.41) is 4.52. The Balaban J connectivity index is 1.39. The minimum atomic E-state index is -0.714. The van der Waals surface area contributed by atoms with E-state index in [1.807, 2.05) is 36.1 Å². The largest absolute Gasteiger partial charge is 0.342 e. The zero-order chi connectivity index (χ0) is 23.1. The van der Waals surface area contributed by atoms with Gasteiger partial charge in [0.1, 0.15) is 11.6 Å². The molecule has 2 aliphatic heterocycles. The lowest BCUT2D eigenvalue weighted by atomic mass is 9.87. The highest BCUT2D eigenvalue weighted by atomic mass is 19.1. The summed E-state index contributed by atoms with van der Waals surface area (Å²) in [5.74, 6) is 0.236. The van der Waals surface area contributed by atoms with Crippen molar-refractivity contribution in [3.05, 3.63) is 97.6 Å². The normalized spacial score (nSPS) is 19.3. The number of amides is 1. The average Bonchev–Trinajstić information content (AvgIpc) is 3.17. The predicted molar refractivity (Wildman–Crippen MR) is 121 cm³/mol. The molecule has 0 spiro atoms. The molecule has 8 heteroatoms. The van der Waals surface area contributed by atoms with Gasteiger partial charge >= 0.3 is 11.1 Å². The molecule has 0 unspecified atom stereocenters. The third kappa shape index (κ3) is 4.13. The number of fused-ring (bicyclic) bond motifs is 3. The van der Waals surface area contributed by atoms with Gasteiger partial charge in [-0.3, -0.25) is 19.0 Å². The van der Waals surface area contributed by atoms with E-state index in [1.165, 1.54) is 16.7 Å². The minimum absolute atomic E-state index is 0.0210. The Bertz CT molecular complexity index is 1330. The second-order valence-corrected chi connectivity index (χ2v) is 9.02. The van der Waals surface area contributed by atoms with Gasteiger partial charge in [-0.25, -0.2) is 9.07 Å². The van der Waals surface area contributed by atoms with Crippen molar-refractivity contribution in [1.82, 2.24) is 19.2 Å². The summed E-state index contributed by atoms with van der Waals surface area (Å²) in [6.07, 6.45) is 1.09. The fourth-order valence-electron chi connectivity index (χ4n) is 4.88. The summed E-state index contributed by atoms with van der Waals surface area (Å²) >= 11 is 0. The number of aryl methyl sites for hydroxylation is 1. The van der Waals surface area contributed by atoms with Crippen LogP contribution in [0.4, 0.5) is 4.39 Å². The molecular formula is C25H25FN4O3. The molecule has 1 amide bonds. The topological polar surface area (TPSA) is 77.2 Å². The van der Waals surface area contributed by atoms with Crippen molar-refractivity contribution in [2.75, 3.05) is 13.1 Å². The standard InChI is InChI=1S/C25H25FN4O3/c1-16-5-7-17(8-6-16)12-22(31)28-10-9-19-14-29-23(21(19)15-28)27-30(25(33)24(29)32)13-18-3-2-4-20(26)11-18/h2-8,11,19,21H,9-10,12-15H2,1H3/t19-,21-/m1/s1. The molecule has 0 saturated carbocycles. The number of piperidine rings is 1. The summed E-state index contributed by atoms with van der Waals surface area (Å²) in [6, 6.07) is 13.8. The highest BCUT2D eigenvalue weighted by Gasteiger charge is 2.41. The van der Waals surface area contributed by atoms with E-state index in [2.05, 4.69) is 5.10 Å². The number of hydrogen-bond acceptors (Lipinski definition) is 4. The van der Waals surface area contributed by atoms with E-state index in [-0.39, 0.29) is 24.3 Å². The Labute approximate surface area is 190 Å². The third-order valence-electron chi connectivity index (χ3n) is 6.72. The number of nitrogens with zero attached hydrogens (tertiary/aromatic N) is 4. The Morgan fingerprint density at radius 3 is 2.61 bits per heavy atom. The number of benzene rings is 2. The first-order valence-electron chi connectivity index (χ1n) is 11.2. The van der Waals surface area contributed by atoms with Crippen LogP contribution in [0.2, 0.25) is 0 Å². The molecule has 33 heavy (non-hydrogen) atoms. The Hall–Kier alpha value is -3.55. The van der Waals surface area contributed by atoms with Crippen molar-refractivity contribution in [1.29, 1.82) is 0 Å². The summed E-state index contributed by atoms with van der Waals surface area (Å²) < 4.78 is 16.2. The zero-order valence-electron chi connectivity index (χ0n) is 18.4. The van der Waals surface area contributed by atoms with Crippen LogP contribution < -0.4 is 11.1 Å². The molecule has 3 aromatic rings. The number of aromatic nitrogens is 3. The SMILES string of the molecule is Cc1ccc(CC(=O)N2CC[C@@H]3Cn4c(nn(Cc5cccc(F)c5)c(=O)c4=O)[C@@H]3C2)cc1. The first kappa shape index (κ1) is 21.3. The Kier molecular flexibility index (Phi) is 5.44. The first-order chi connectivity index (χ1) is 15.9. The van der Waals surface area contributed by atoms with Crippen LogP contribution >= 0.6 is 0 Å². The van der Waals surface area contributed by atoms with Gasteiger partial charge in [-0.05, 0) is 42.5 Å². The number of rotatable bonds is 4. The van der Waals surface area contributed by atoms with Crippen LogP contribution in [-0.2, 0) is 24.3 Å². The smallest absolute Gasteiger partial charge is 0.332 e. The van der Waals surface area contributed by atoms with Gasteiger partial charge in [-0.15, -0.1) is 0 Å². The number of halogens is 1. The molecule has 2 aliphatic rings. The van der Waals surface area contributed by atoms with Crippen molar-refractivity contribution in [3.8, 4) is 0 Å². The molecule has 5 rings (SSSR count). The van der Waals surface area contributed by atoms with Crippen LogP contribution in [0.15, 0.2) is 58.1 Å². The van der Waals surface area contributed by atoms with Gasteiger partial charge in [0.25, 0.3) is 0 Å². The maximum Gasteiger partial charge on any atom is 0.332 e. The highest BCUT2D eigenvalue weighted by molar-refractivity contribution is 5.79. The number of likely N-dealkylation sites (tertiary alicyclic amines) is 1. The number of carbonyl (C=O) groups is 1. The van der Waals surface area contributed by atoms with Gasteiger partial charge in [0.15, 0.2) is 0 Å². The molecule has 170 valence electrons. The van der Waals surface area contributed by atoms with Crippen LogP contribution in [0.25, 0.3) is 0 Å². The van der Waals surface area contributed by atoms with Crippen LogP contribution in [0.5, 0.6) is 0 Å². The molecule has 0 radical (unpaired) electrons. The second kappa shape index (κ2) is 8.42. The molecule has 3 heterocycles. The monoisotopic (exact) mass is 448 g/mol. The molecule has 2 atom stereocenters. The van der Waals surface area contributed by atoms with E-state index < -0.39 is 16.9 Å². The van der Waals surface area contributed by atoms with E-state index in [0.717, 1.165) is 22.2 Å². The van der Waals surface area contributed by atoms with E-state index in [1.54, 1.807) is 12.1 Å². The molecule has 0 bridgehead atoms. The highest BCUT2D eigenvalue weighted by Crippen LogP contribution is 2.37. The van der Waals surface area contributed by atoms with Gasteiger partial charge in [-0.1, -0.05) is 42.0 Å². The molecule has 1 fully saturated rings. The average molecular weight is 448 g/mol. The molecule has 2 aromatic carbocycles. The van der Waals surface area contributed by atoms with E-state index in [9.17, 15) is 18.8 Å². The molecule has 0 N–H and O–H groups in total. The lowest BCUT2D eigenvalue weighted by Gasteiger charge is -2.34. The van der Waals surface area contributed by atoms with Gasteiger partial charge in [0, 0.05) is 25.6 Å². The summed E-state index contributed by atoms with van der Waals surface area (Å²) in [6.45, 7) is 3.58. The number of hydrogen-bond donors (Lipinski definition) is 0. The van der Waals surface area contributed by atoms with Crippen LogP contribution in [0, 0.1) is 18.7 Å². The maximum absolute atomic E-state index is 13.6. The lowest BCUT2D eigenvalue weighted by molar-refractivity contribution is -0.132. The van der Waals surface area contributed by atoms with Gasteiger partial charge in [0.2, 0.25) is 5.91 Å². The van der Waals surface area contributed by atoms with Crippen molar-refractivity contribution in [3.63, 3.8) is 0 Å². The van der Waals surface area contributed by atoms with Gasteiger partial charge < -0.3 is 4.90 Å². The summed E-state index contributed by atoms with van der Waals surface area (Å²) in [5.41, 5.74) is 1.35. The van der Waals surface area contributed by atoms with Crippen molar-refractivity contribution >= 4 is 5.91 Å². The summed E-state index contributed by atoms with van der Waals surface area (Å²) in [4.78, 5) is 40.2. The van der Waals surface area contributed by atoms with Crippen molar-refractivity contribution in [2.45, 2.75) is 38.8 Å². The van der Waals surface area contributed by atoms with E-state index >= 15 is 0 Å². The molecule has 1 saturated heterocycles. The quantitative estimate of drug-likeness (QED) is 0.573. The summed E-state index contributed by atoms with van der Waals surface area (Å²) in [7, 11) is 0. The zero-order valence-corrected chi connectivity index (χ0v) is 18.4. The predicted octanol–water partition coefficient (Wildman–Crippen LogP) is 2.09. The molecule has 0 aliphatic carbocycles. The van der Waals surface area contributed by atoms with Crippen LogP contribution in [0.3, 0.4) is 0 Å². The molecule has 7 nitrogen and oxygen atoms in total. The van der Waals surface area contributed by atoms with E-state index in [4.69, 9.17) is 0 Å². The van der Waals surface area contributed by atoms with Gasteiger partial charge in [-0.2, -0.15) is 5.10 Å². The van der Waals surface area contributed by atoms with E-state index in [0.29, 0.717) is 37.4 Å². The van der Waals surface area contributed by atoms with Crippen LogP contribution in [0.1, 0.15) is 34.9 Å². The second-order valence-electron chi connectivity index (χ2n) is 9.02. The lowest BCUT2D eigenvalue weighted by Crippen LogP contribution is -2.44. The Morgan fingerprint density at radius 2 is 1.85 bits per heavy atom. The molecular weight excluding hydrogens is 423 g/mol. The third-order valence-corrected chi connectivity index (χ3v) is 6.72. The first-order valence-corrected chi connectivity index (χ1v) is 11.2.